The van der Waals surface area contributed by atoms with Crippen LogP contribution in [0.15, 0.2) is 12.2 Å². The van der Waals surface area contributed by atoms with Crippen molar-refractivity contribution in [2.45, 2.75) is 51.4 Å². The predicted molar refractivity (Wildman–Crippen MR) is 106 cm³/mol. The Morgan fingerprint density at radius 1 is 1.00 bits per heavy atom. The van der Waals surface area contributed by atoms with Crippen LogP contribution in [0.1, 0.15) is 51.4 Å². The van der Waals surface area contributed by atoms with Gasteiger partial charge in [0.05, 0.1) is 12.5 Å². The molecule has 0 unspecified atom stereocenters. The number of carboxylic acids is 1. The van der Waals surface area contributed by atoms with Crippen molar-refractivity contribution in [1.29, 1.82) is 0 Å². The van der Waals surface area contributed by atoms with Crippen molar-refractivity contribution in [3.8, 4) is 0 Å². The fourth-order valence-electron chi connectivity index (χ4n) is 3.61. The number of carbonyl (C=O) groups excluding carboxylic acids is 4. The maximum absolute atomic E-state index is 11.9. The summed E-state index contributed by atoms with van der Waals surface area (Å²) >= 11 is 0. The number of nitrogens with zero attached hydrogens (tertiary/aromatic N) is 1. The molecule has 166 valence electrons. The minimum Gasteiger partial charge on any atom is -0.481 e. The molecule has 9 nitrogen and oxygen atoms in total. The predicted octanol–water partition coefficient (Wildman–Crippen LogP) is 1.06. The molecule has 0 atom stereocenters. The van der Waals surface area contributed by atoms with E-state index in [-0.39, 0.29) is 55.4 Å². The molecular formula is C21H30N2O7. The standard InChI is InChI=1S/C21H30N2O7/c24-17(9-11-23-19(26)7-8-20(23)27)2-1-12-30-13-10-18(25)22-14-15-3-5-16(6-4-15)21(28)29/h7-8,15-16H,1-6,9-14H2,(H,22,25)(H,28,29). The number of hydrogen-bond donors (Lipinski definition) is 2. The van der Waals surface area contributed by atoms with Crippen LogP contribution in [0, 0.1) is 11.8 Å². The van der Waals surface area contributed by atoms with Crippen LogP contribution in [0.5, 0.6) is 0 Å². The summed E-state index contributed by atoms with van der Waals surface area (Å²) in [6, 6.07) is 0. The second kappa shape index (κ2) is 12.2. The van der Waals surface area contributed by atoms with Gasteiger partial charge in [0.15, 0.2) is 0 Å². The molecule has 9 heteroatoms. The van der Waals surface area contributed by atoms with Gasteiger partial charge >= 0.3 is 5.97 Å². The Morgan fingerprint density at radius 2 is 1.67 bits per heavy atom. The molecule has 0 aromatic carbocycles. The number of Topliss-reactive ketones (excluding diaryl/α,β-unsaturated/α-hetero) is 1. The van der Waals surface area contributed by atoms with Gasteiger partial charge in [0, 0.05) is 51.1 Å². The van der Waals surface area contributed by atoms with Crippen LogP contribution in [0.25, 0.3) is 0 Å². The Labute approximate surface area is 175 Å². The zero-order valence-electron chi connectivity index (χ0n) is 17.1. The molecule has 0 radical (unpaired) electrons. The molecule has 30 heavy (non-hydrogen) atoms. The SMILES string of the molecule is O=C(CCCOCCC(=O)NCC1CCC(C(=O)O)CC1)CCN1C(=O)C=CC1=O. The molecule has 0 saturated heterocycles. The average Bonchev–Trinajstić information content (AvgIpc) is 3.05. The van der Waals surface area contributed by atoms with E-state index in [2.05, 4.69) is 5.32 Å². The van der Waals surface area contributed by atoms with Crippen LogP contribution in [-0.4, -0.2) is 65.8 Å². The van der Waals surface area contributed by atoms with Gasteiger partial charge in [-0.15, -0.1) is 0 Å². The maximum atomic E-state index is 11.9. The topological polar surface area (TPSA) is 130 Å². The zero-order chi connectivity index (χ0) is 21.9. The summed E-state index contributed by atoms with van der Waals surface area (Å²) in [5.74, 6) is -1.56. The first-order valence-electron chi connectivity index (χ1n) is 10.5. The number of hydrogen-bond acceptors (Lipinski definition) is 6. The monoisotopic (exact) mass is 422 g/mol. The van der Waals surface area contributed by atoms with Crippen LogP contribution in [0.4, 0.5) is 0 Å². The van der Waals surface area contributed by atoms with Crippen LogP contribution in [0.3, 0.4) is 0 Å². The molecule has 1 aliphatic heterocycles. The molecule has 0 aromatic rings. The van der Waals surface area contributed by atoms with E-state index in [1.807, 2.05) is 0 Å². The number of amides is 3. The molecule has 2 N–H and O–H groups in total. The van der Waals surface area contributed by atoms with Crippen molar-refractivity contribution < 1.29 is 33.8 Å². The summed E-state index contributed by atoms with van der Waals surface area (Å²) in [5.41, 5.74) is 0. The van der Waals surface area contributed by atoms with E-state index in [4.69, 9.17) is 9.84 Å². The first-order valence-corrected chi connectivity index (χ1v) is 10.5. The van der Waals surface area contributed by atoms with Gasteiger partial charge in [0.25, 0.3) is 11.8 Å². The molecule has 0 aromatic heterocycles. The van der Waals surface area contributed by atoms with Gasteiger partial charge < -0.3 is 15.2 Å². The van der Waals surface area contributed by atoms with Gasteiger partial charge in [0.2, 0.25) is 5.91 Å². The quantitative estimate of drug-likeness (QED) is 0.335. The number of ketones is 1. The Balaban J connectivity index is 1.43. The van der Waals surface area contributed by atoms with Gasteiger partial charge in [-0.05, 0) is 38.0 Å². The van der Waals surface area contributed by atoms with E-state index < -0.39 is 5.97 Å². The average molecular weight is 422 g/mol. The molecule has 3 amide bonds. The first-order chi connectivity index (χ1) is 14.4. The summed E-state index contributed by atoms with van der Waals surface area (Å²) in [6.45, 7) is 1.30. The molecule has 1 saturated carbocycles. The van der Waals surface area contributed by atoms with Gasteiger partial charge in [0.1, 0.15) is 5.78 Å². The summed E-state index contributed by atoms with van der Waals surface area (Å²) in [4.78, 5) is 58.5. The normalized spacial score (nSPS) is 21.1. The second-order valence-corrected chi connectivity index (χ2v) is 7.78. The Hall–Kier alpha value is -2.55. The highest BCUT2D eigenvalue weighted by Gasteiger charge is 2.26. The number of imide groups is 1. The molecule has 1 heterocycles. The number of ether oxygens (including phenoxy) is 1. The number of aliphatic carboxylic acids is 1. The number of carboxylic acid groups (broad SMARTS) is 1. The number of carbonyl (C=O) groups is 5. The first kappa shape index (κ1) is 23.7. The smallest absolute Gasteiger partial charge is 0.306 e. The minimum absolute atomic E-state index is 0.0403. The largest absolute Gasteiger partial charge is 0.481 e. The van der Waals surface area contributed by atoms with Crippen LogP contribution >= 0.6 is 0 Å². The van der Waals surface area contributed by atoms with E-state index >= 15 is 0 Å². The molecule has 2 aliphatic rings. The van der Waals surface area contributed by atoms with Gasteiger partial charge in [-0.25, -0.2) is 0 Å². The van der Waals surface area contributed by atoms with Crippen molar-refractivity contribution in [1.82, 2.24) is 10.2 Å². The molecule has 1 fully saturated rings. The van der Waals surface area contributed by atoms with E-state index in [0.29, 0.717) is 44.8 Å². The van der Waals surface area contributed by atoms with Crippen LogP contribution < -0.4 is 5.32 Å². The lowest BCUT2D eigenvalue weighted by Crippen LogP contribution is -2.32. The Kier molecular flexibility index (Phi) is 9.66. The van der Waals surface area contributed by atoms with E-state index in [9.17, 15) is 24.0 Å². The fraction of sp³-hybridized carbons (Fsp3) is 0.667. The summed E-state index contributed by atoms with van der Waals surface area (Å²) in [5, 5.41) is 11.9. The number of rotatable bonds is 13. The minimum atomic E-state index is -0.731. The highest BCUT2D eigenvalue weighted by atomic mass is 16.5. The van der Waals surface area contributed by atoms with Crippen molar-refractivity contribution in [3.63, 3.8) is 0 Å². The van der Waals surface area contributed by atoms with E-state index in [1.54, 1.807) is 0 Å². The third-order valence-electron chi connectivity index (χ3n) is 5.52. The summed E-state index contributed by atoms with van der Waals surface area (Å²) in [6.07, 6.45) is 6.55. The fourth-order valence-corrected chi connectivity index (χ4v) is 3.61. The van der Waals surface area contributed by atoms with E-state index in [0.717, 1.165) is 17.7 Å². The highest BCUT2D eigenvalue weighted by molar-refractivity contribution is 6.13. The summed E-state index contributed by atoms with van der Waals surface area (Å²) < 4.78 is 5.39. The maximum Gasteiger partial charge on any atom is 0.306 e. The molecule has 2 rings (SSSR count). The Bertz CT molecular complexity index is 663. The van der Waals surface area contributed by atoms with Crippen LogP contribution in [-0.2, 0) is 28.7 Å². The van der Waals surface area contributed by atoms with Crippen molar-refractivity contribution in [2.24, 2.45) is 11.8 Å². The molecular weight excluding hydrogens is 392 g/mol. The number of nitrogens with one attached hydrogen (secondary N) is 1. The third-order valence-corrected chi connectivity index (χ3v) is 5.52. The molecule has 0 spiro atoms. The lowest BCUT2D eigenvalue weighted by atomic mass is 9.82. The van der Waals surface area contributed by atoms with Gasteiger partial charge in [-0.2, -0.15) is 0 Å². The molecule has 1 aliphatic carbocycles. The third kappa shape index (κ3) is 8.06. The van der Waals surface area contributed by atoms with Crippen molar-refractivity contribution >= 4 is 29.5 Å². The zero-order valence-corrected chi connectivity index (χ0v) is 17.1. The lowest BCUT2D eigenvalue weighted by Gasteiger charge is -2.26. The summed E-state index contributed by atoms with van der Waals surface area (Å²) in [7, 11) is 0. The van der Waals surface area contributed by atoms with E-state index in [1.165, 1.54) is 12.2 Å². The molecule has 0 bridgehead atoms. The van der Waals surface area contributed by atoms with Crippen molar-refractivity contribution in [3.05, 3.63) is 12.2 Å². The lowest BCUT2D eigenvalue weighted by molar-refractivity contribution is -0.143. The van der Waals surface area contributed by atoms with Gasteiger partial charge in [-0.3, -0.25) is 28.9 Å². The second-order valence-electron chi connectivity index (χ2n) is 7.78. The van der Waals surface area contributed by atoms with Crippen molar-refractivity contribution in [2.75, 3.05) is 26.3 Å². The highest BCUT2D eigenvalue weighted by Crippen LogP contribution is 2.28. The van der Waals surface area contributed by atoms with Crippen LogP contribution in [0.2, 0.25) is 0 Å². The Morgan fingerprint density at radius 3 is 2.30 bits per heavy atom. The van der Waals surface area contributed by atoms with Gasteiger partial charge in [-0.1, -0.05) is 0 Å².